The van der Waals surface area contributed by atoms with Crippen molar-refractivity contribution in [3.05, 3.63) is 59.7 Å². The van der Waals surface area contributed by atoms with Gasteiger partial charge in [0, 0.05) is 4.83 Å². The maximum atomic E-state index is 3.87. The summed E-state index contributed by atoms with van der Waals surface area (Å²) in [7, 11) is 0. The Labute approximate surface area is 121 Å². The third-order valence-corrected chi connectivity index (χ3v) is 5.19. The molecule has 1 aliphatic carbocycles. The highest BCUT2D eigenvalue weighted by molar-refractivity contribution is 9.09. The van der Waals surface area contributed by atoms with E-state index < -0.39 is 0 Å². The fourth-order valence-corrected chi connectivity index (χ4v) is 4.23. The first kappa shape index (κ1) is 11.5. The first-order valence-corrected chi connectivity index (χ1v) is 7.83. The van der Waals surface area contributed by atoms with Crippen molar-refractivity contribution >= 4 is 37.5 Å². The zero-order valence-corrected chi connectivity index (χ0v) is 12.3. The first-order valence-electron chi connectivity index (χ1n) is 6.92. The first-order chi connectivity index (χ1) is 9.34. The smallest absolute Gasteiger partial charge is 0.0404 e. The van der Waals surface area contributed by atoms with E-state index in [1.165, 1.54) is 51.9 Å². The van der Waals surface area contributed by atoms with Crippen LogP contribution in [0, 0.1) is 0 Å². The summed E-state index contributed by atoms with van der Waals surface area (Å²) in [6, 6.07) is 17.9. The standard InChI is InChI=1S/C18H15Br/c19-17-7-3-5-13-9-10-15-14-6-2-1-4-12(14)8-11-16(15)18(13)17/h1-2,4,6,8-11,17H,3,5,7H2. The SMILES string of the molecule is BrC1CCCc2ccc3c(ccc4ccccc43)c21. The number of alkyl halides is 1. The summed E-state index contributed by atoms with van der Waals surface area (Å²) in [6.07, 6.45) is 3.77. The van der Waals surface area contributed by atoms with Crippen LogP contribution in [0.2, 0.25) is 0 Å². The highest BCUT2D eigenvalue weighted by atomic mass is 79.9. The Morgan fingerprint density at radius 2 is 1.68 bits per heavy atom. The molecule has 19 heavy (non-hydrogen) atoms. The molecular weight excluding hydrogens is 296 g/mol. The van der Waals surface area contributed by atoms with Crippen molar-refractivity contribution in [1.29, 1.82) is 0 Å². The number of halogens is 1. The molecule has 1 aliphatic rings. The third-order valence-electron chi connectivity index (χ3n) is 4.27. The second-order valence-electron chi connectivity index (χ2n) is 5.38. The van der Waals surface area contributed by atoms with Gasteiger partial charge in [-0.3, -0.25) is 0 Å². The minimum absolute atomic E-state index is 0.515. The lowest BCUT2D eigenvalue weighted by Crippen LogP contribution is -2.05. The number of hydrogen-bond acceptors (Lipinski definition) is 0. The number of rotatable bonds is 0. The lowest BCUT2D eigenvalue weighted by molar-refractivity contribution is 0.685. The molecule has 0 saturated carbocycles. The van der Waals surface area contributed by atoms with E-state index >= 15 is 0 Å². The van der Waals surface area contributed by atoms with Gasteiger partial charge in [-0.05, 0) is 51.9 Å². The van der Waals surface area contributed by atoms with Crippen LogP contribution in [0.4, 0.5) is 0 Å². The number of hydrogen-bond donors (Lipinski definition) is 0. The number of benzene rings is 3. The highest BCUT2D eigenvalue weighted by Gasteiger charge is 2.20. The van der Waals surface area contributed by atoms with Crippen molar-refractivity contribution in [2.75, 3.05) is 0 Å². The molecule has 0 N–H and O–H groups in total. The molecule has 3 aromatic rings. The monoisotopic (exact) mass is 310 g/mol. The molecule has 0 fully saturated rings. The quantitative estimate of drug-likeness (QED) is 0.365. The predicted molar refractivity (Wildman–Crippen MR) is 86.1 cm³/mol. The largest absolute Gasteiger partial charge is 0.0838 e. The van der Waals surface area contributed by atoms with Gasteiger partial charge in [0.05, 0.1) is 0 Å². The molecule has 1 atom stereocenters. The summed E-state index contributed by atoms with van der Waals surface area (Å²) in [4.78, 5) is 0.515. The number of aryl methyl sites for hydroxylation is 1. The van der Waals surface area contributed by atoms with Crippen molar-refractivity contribution in [1.82, 2.24) is 0 Å². The molecule has 0 saturated heterocycles. The number of fused-ring (bicyclic) bond motifs is 5. The normalized spacial score (nSPS) is 18.7. The molecule has 0 bridgehead atoms. The molecule has 0 heterocycles. The van der Waals surface area contributed by atoms with E-state index in [1.54, 1.807) is 0 Å². The molecule has 0 nitrogen and oxygen atoms in total. The molecule has 1 unspecified atom stereocenters. The molecule has 4 rings (SSSR count). The predicted octanol–water partition coefficient (Wildman–Crippen LogP) is 5.77. The Bertz CT molecular complexity index is 773. The molecule has 3 aromatic carbocycles. The average Bonchev–Trinajstić information content (AvgIpc) is 2.46. The molecular formula is C18H15Br. The van der Waals surface area contributed by atoms with Gasteiger partial charge in [-0.15, -0.1) is 0 Å². The fraction of sp³-hybridized carbons (Fsp3) is 0.222. The van der Waals surface area contributed by atoms with Crippen LogP contribution < -0.4 is 0 Å². The Morgan fingerprint density at radius 3 is 2.63 bits per heavy atom. The van der Waals surface area contributed by atoms with Gasteiger partial charge in [-0.1, -0.05) is 64.5 Å². The summed E-state index contributed by atoms with van der Waals surface area (Å²) in [5.74, 6) is 0. The van der Waals surface area contributed by atoms with Crippen LogP contribution in [0.3, 0.4) is 0 Å². The summed E-state index contributed by atoms with van der Waals surface area (Å²) in [5, 5.41) is 5.52. The van der Waals surface area contributed by atoms with Crippen molar-refractivity contribution in [2.24, 2.45) is 0 Å². The minimum atomic E-state index is 0.515. The van der Waals surface area contributed by atoms with Crippen LogP contribution in [0.25, 0.3) is 21.5 Å². The van der Waals surface area contributed by atoms with Gasteiger partial charge >= 0.3 is 0 Å². The minimum Gasteiger partial charge on any atom is -0.0838 e. The molecule has 0 spiro atoms. The highest BCUT2D eigenvalue weighted by Crippen LogP contribution is 2.41. The van der Waals surface area contributed by atoms with Gasteiger partial charge in [0.25, 0.3) is 0 Å². The van der Waals surface area contributed by atoms with Crippen molar-refractivity contribution in [2.45, 2.75) is 24.1 Å². The molecule has 1 heteroatoms. The van der Waals surface area contributed by atoms with Crippen molar-refractivity contribution in [3.63, 3.8) is 0 Å². The Morgan fingerprint density at radius 1 is 0.842 bits per heavy atom. The fourth-order valence-electron chi connectivity index (χ4n) is 3.36. The zero-order valence-electron chi connectivity index (χ0n) is 10.7. The molecule has 0 aromatic heterocycles. The Kier molecular flexibility index (Phi) is 2.63. The molecule has 0 amide bonds. The van der Waals surface area contributed by atoms with Crippen LogP contribution in [-0.4, -0.2) is 0 Å². The van der Waals surface area contributed by atoms with Gasteiger partial charge in [-0.25, -0.2) is 0 Å². The lowest BCUT2D eigenvalue weighted by Gasteiger charge is -2.23. The van der Waals surface area contributed by atoms with Gasteiger partial charge in [-0.2, -0.15) is 0 Å². The van der Waals surface area contributed by atoms with E-state index in [2.05, 4.69) is 64.5 Å². The average molecular weight is 311 g/mol. The van der Waals surface area contributed by atoms with E-state index in [0.29, 0.717) is 4.83 Å². The Balaban J connectivity index is 2.15. The van der Waals surface area contributed by atoms with E-state index in [1.807, 2.05) is 0 Å². The lowest BCUT2D eigenvalue weighted by atomic mass is 9.86. The Hall–Kier alpha value is -1.34. The summed E-state index contributed by atoms with van der Waals surface area (Å²) < 4.78 is 0. The molecule has 94 valence electrons. The van der Waals surface area contributed by atoms with Gasteiger partial charge < -0.3 is 0 Å². The molecule has 0 radical (unpaired) electrons. The topological polar surface area (TPSA) is 0 Å². The maximum Gasteiger partial charge on any atom is 0.0404 e. The zero-order chi connectivity index (χ0) is 12.8. The van der Waals surface area contributed by atoms with E-state index in [-0.39, 0.29) is 0 Å². The van der Waals surface area contributed by atoms with E-state index in [0.717, 1.165) is 0 Å². The van der Waals surface area contributed by atoms with Crippen LogP contribution in [0.5, 0.6) is 0 Å². The van der Waals surface area contributed by atoms with Crippen LogP contribution in [0.1, 0.15) is 28.8 Å². The third kappa shape index (κ3) is 1.72. The van der Waals surface area contributed by atoms with E-state index in [9.17, 15) is 0 Å². The second kappa shape index (κ2) is 4.35. The van der Waals surface area contributed by atoms with Gasteiger partial charge in [0.1, 0.15) is 0 Å². The second-order valence-corrected chi connectivity index (χ2v) is 6.49. The van der Waals surface area contributed by atoms with Crippen LogP contribution in [0.15, 0.2) is 48.5 Å². The van der Waals surface area contributed by atoms with Crippen LogP contribution >= 0.6 is 15.9 Å². The van der Waals surface area contributed by atoms with Crippen molar-refractivity contribution in [3.8, 4) is 0 Å². The van der Waals surface area contributed by atoms with E-state index in [4.69, 9.17) is 0 Å². The summed E-state index contributed by atoms with van der Waals surface area (Å²) in [5.41, 5.74) is 3.05. The summed E-state index contributed by atoms with van der Waals surface area (Å²) >= 11 is 3.87. The maximum absolute atomic E-state index is 3.87. The molecule has 0 aliphatic heterocycles. The summed E-state index contributed by atoms with van der Waals surface area (Å²) in [6.45, 7) is 0. The van der Waals surface area contributed by atoms with Gasteiger partial charge in [0.15, 0.2) is 0 Å². The van der Waals surface area contributed by atoms with Gasteiger partial charge in [0.2, 0.25) is 0 Å². The van der Waals surface area contributed by atoms with Crippen LogP contribution in [-0.2, 0) is 6.42 Å². The van der Waals surface area contributed by atoms with Crippen molar-refractivity contribution < 1.29 is 0 Å².